The van der Waals surface area contributed by atoms with Crippen molar-refractivity contribution < 1.29 is 4.74 Å². The van der Waals surface area contributed by atoms with Gasteiger partial charge in [-0.15, -0.1) is 0 Å². The fourth-order valence-electron chi connectivity index (χ4n) is 1.66. The molecule has 0 radical (unpaired) electrons. The Balaban J connectivity index is 1.90. The molecule has 2 N–H and O–H groups in total. The molecule has 0 aliphatic rings. The van der Waals surface area contributed by atoms with Crippen LogP contribution in [0.4, 0.5) is 5.69 Å². The quantitative estimate of drug-likeness (QED) is 0.721. The standard InChI is InChI=1S/C14H9N3OS/c15-8-9-1-4-11(5-2-9)18-14-17-12-6-3-10(16)7-13(12)19-14/h1-7H,16H2. The van der Waals surface area contributed by atoms with Gasteiger partial charge in [0.05, 0.1) is 21.8 Å². The molecule has 0 aliphatic heterocycles. The number of nitrogens with two attached hydrogens (primary N) is 1. The Morgan fingerprint density at radius 1 is 1.16 bits per heavy atom. The van der Waals surface area contributed by atoms with Crippen LogP contribution in [0.2, 0.25) is 0 Å². The van der Waals surface area contributed by atoms with Crippen LogP contribution in [-0.2, 0) is 0 Å². The van der Waals surface area contributed by atoms with Gasteiger partial charge in [0.1, 0.15) is 5.75 Å². The minimum atomic E-state index is 0.560. The molecule has 0 fully saturated rings. The summed E-state index contributed by atoms with van der Waals surface area (Å²) in [6.07, 6.45) is 0. The van der Waals surface area contributed by atoms with Crippen molar-refractivity contribution in [1.29, 1.82) is 5.26 Å². The maximum absolute atomic E-state index is 8.73. The Morgan fingerprint density at radius 2 is 1.95 bits per heavy atom. The fourth-order valence-corrected chi connectivity index (χ4v) is 2.55. The van der Waals surface area contributed by atoms with Gasteiger partial charge in [-0.05, 0) is 42.5 Å². The maximum Gasteiger partial charge on any atom is 0.279 e. The first-order valence-electron chi connectivity index (χ1n) is 5.59. The second-order valence-corrected chi connectivity index (χ2v) is 4.94. The SMILES string of the molecule is N#Cc1ccc(Oc2nc3ccc(N)cc3s2)cc1. The summed E-state index contributed by atoms with van der Waals surface area (Å²) in [5, 5.41) is 9.29. The van der Waals surface area contributed by atoms with Crippen LogP contribution < -0.4 is 10.5 Å². The van der Waals surface area contributed by atoms with Crippen LogP contribution in [0.15, 0.2) is 42.5 Å². The van der Waals surface area contributed by atoms with E-state index in [1.54, 1.807) is 24.3 Å². The average molecular weight is 267 g/mol. The number of aromatic nitrogens is 1. The smallest absolute Gasteiger partial charge is 0.279 e. The van der Waals surface area contributed by atoms with Gasteiger partial charge in [0.15, 0.2) is 0 Å². The number of nitrogens with zero attached hydrogens (tertiary/aromatic N) is 2. The van der Waals surface area contributed by atoms with Gasteiger partial charge in [0, 0.05) is 5.69 Å². The van der Waals surface area contributed by atoms with E-state index in [0.717, 1.165) is 10.2 Å². The average Bonchev–Trinajstić information content (AvgIpc) is 2.81. The van der Waals surface area contributed by atoms with Crippen molar-refractivity contribution in [2.24, 2.45) is 0 Å². The number of fused-ring (bicyclic) bond motifs is 1. The summed E-state index contributed by atoms with van der Waals surface area (Å²) in [5.41, 5.74) is 7.90. The number of benzene rings is 2. The molecule has 0 amide bonds. The number of anilines is 1. The molecule has 4 nitrogen and oxygen atoms in total. The fraction of sp³-hybridized carbons (Fsp3) is 0. The highest BCUT2D eigenvalue weighted by atomic mass is 32.1. The zero-order valence-corrected chi connectivity index (χ0v) is 10.6. The van der Waals surface area contributed by atoms with Gasteiger partial charge in [-0.25, -0.2) is 4.98 Å². The number of hydrogen-bond donors (Lipinski definition) is 1. The summed E-state index contributed by atoms with van der Waals surface area (Å²) in [7, 11) is 0. The molecule has 19 heavy (non-hydrogen) atoms. The second kappa shape index (κ2) is 4.59. The Kier molecular flexibility index (Phi) is 2.78. The van der Waals surface area contributed by atoms with E-state index in [9.17, 15) is 0 Å². The van der Waals surface area contributed by atoms with Crippen molar-refractivity contribution in [3.8, 4) is 17.0 Å². The van der Waals surface area contributed by atoms with Crippen LogP contribution in [0.25, 0.3) is 10.2 Å². The number of rotatable bonds is 2. The third kappa shape index (κ3) is 2.34. The zero-order chi connectivity index (χ0) is 13.2. The zero-order valence-electron chi connectivity index (χ0n) is 9.83. The van der Waals surface area contributed by atoms with E-state index in [0.29, 0.717) is 22.2 Å². The van der Waals surface area contributed by atoms with E-state index >= 15 is 0 Å². The molecule has 92 valence electrons. The summed E-state index contributed by atoms with van der Waals surface area (Å²) in [5.74, 6) is 0.658. The van der Waals surface area contributed by atoms with Crippen LogP contribution in [-0.4, -0.2) is 4.98 Å². The molecule has 0 unspecified atom stereocenters. The lowest BCUT2D eigenvalue weighted by Crippen LogP contribution is -1.83. The molecule has 3 rings (SSSR count). The number of nitrogen functional groups attached to an aromatic ring is 1. The monoisotopic (exact) mass is 267 g/mol. The van der Waals surface area contributed by atoms with Crippen LogP contribution in [0.1, 0.15) is 5.56 Å². The van der Waals surface area contributed by atoms with E-state index in [2.05, 4.69) is 11.1 Å². The van der Waals surface area contributed by atoms with E-state index in [1.165, 1.54) is 11.3 Å². The molecule has 0 saturated carbocycles. The number of ether oxygens (including phenoxy) is 1. The molecule has 0 aliphatic carbocycles. The highest BCUT2D eigenvalue weighted by Gasteiger charge is 2.06. The highest BCUT2D eigenvalue weighted by Crippen LogP contribution is 2.32. The van der Waals surface area contributed by atoms with Crippen molar-refractivity contribution in [2.45, 2.75) is 0 Å². The lowest BCUT2D eigenvalue weighted by Gasteiger charge is -2.00. The first-order chi connectivity index (χ1) is 9.24. The van der Waals surface area contributed by atoms with Crippen molar-refractivity contribution in [3.63, 3.8) is 0 Å². The van der Waals surface area contributed by atoms with Crippen LogP contribution in [0.3, 0.4) is 0 Å². The number of hydrogen-bond acceptors (Lipinski definition) is 5. The third-order valence-electron chi connectivity index (χ3n) is 2.58. The summed E-state index contributed by atoms with van der Waals surface area (Å²) >= 11 is 1.44. The van der Waals surface area contributed by atoms with E-state index in [4.69, 9.17) is 15.7 Å². The van der Waals surface area contributed by atoms with E-state index in [-0.39, 0.29) is 0 Å². The molecule has 5 heteroatoms. The molecule has 1 aromatic heterocycles. The predicted molar refractivity (Wildman–Crippen MR) is 75.3 cm³/mol. The first-order valence-corrected chi connectivity index (χ1v) is 6.40. The Morgan fingerprint density at radius 3 is 2.68 bits per heavy atom. The molecule has 0 saturated heterocycles. The lowest BCUT2D eigenvalue weighted by atomic mass is 10.2. The van der Waals surface area contributed by atoms with Crippen molar-refractivity contribution >= 4 is 27.2 Å². The van der Waals surface area contributed by atoms with Crippen LogP contribution in [0.5, 0.6) is 10.9 Å². The molecule has 0 spiro atoms. The minimum Gasteiger partial charge on any atom is -0.431 e. The molecule has 2 aromatic carbocycles. The van der Waals surface area contributed by atoms with Crippen molar-refractivity contribution in [1.82, 2.24) is 4.98 Å². The van der Waals surface area contributed by atoms with Gasteiger partial charge in [0.2, 0.25) is 0 Å². The molecular formula is C14H9N3OS. The van der Waals surface area contributed by atoms with Gasteiger partial charge in [-0.1, -0.05) is 11.3 Å². The topological polar surface area (TPSA) is 71.9 Å². The molecular weight excluding hydrogens is 258 g/mol. The van der Waals surface area contributed by atoms with Gasteiger partial charge in [-0.2, -0.15) is 5.26 Å². The van der Waals surface area contributed by atoms with E-state index in [1.807, 2.05) is 18.2 Å². The summed E-state index contributed by atoms with van der Waals surface area (Å²) in [6, 6.07) is 14.5. The summed E-state index contributed by atoms with van der Waals surface area (Å²) in [4.78, 5) is 4.37. The Labute approximate surface area is 113 Å². The van der Waals surface area contributed by atoms with E-state index < -0.39 is 0 Å². The first kappa shape index (κ1) is 11.5. The maximum atomic E-state index is 8.73. The van der Waals surface area contributed by atoms with Gasteiger partial charge in [0.25, 0.3) is 5.19 Å². The van der Waals surface area contributed by atoms with Crippen molar-refractivity contribution in [2.75, 3.05) is 5.73 Å². The predicted octanol–water partition coefficient (Wildman–Crippen LogP) is 3.54. The molecule has 0 bridgehead atoms. The van der Waals surface area contributed by atoms with Crippen LogP contribution >= 0.6 is 11.3 Å². The number of nitriles is 1. The largest absolute Gasteiger partial charge is 0.431 e. The van der Waals surface area contributed by atoms with Gasteiger partial charge in [-0.3, -0.25) is 0 Å². The Hall–Kier alpha value is -2.58. The minimum absolute atomic E-state index is 0.560. The molecule has 0 atom stereocenters. The third-order valence-corrected chi connectivity index (χ3v) is 3.48. The van der Waals surface area contributed by atoms with Gasteiger partial charge >= 0.3 is 0 Å². The number of thiazole rings is 1. The molecule has 1 heterocycles. The molecule has 3 aromatic rings. The van der Waals surface area contributed by atoms with Gasteiger partial charge < -0.3 is 10.5 Å². The normalized spacial score (nSPS) is 10.3. The highest BCUT2D eigenvalue weighted by molar-refractivity contribution is 7.20. The van der Waals surface area contributed by atoms with Crippen molar-refractivity contribution in [3.05, 3.63) is 48.0 Å². The Bertz CT molecular complexity index is 771. The lowest BCUT2D eigenvalue weighted by molar-refractivity contribution is 0.480. The summed E-state index contributed by atoms with van der Waals surface area (Å²) in [6.45, 7) is 0. The summed E-state index contributed by atoms with van der Waals surface area (Å²) < 4.78 is 6.65. The second-order valence-electron chi connectivity index (χ2n) is 3.95. The van der Waals surface area contributed by atoms with Crippen LogP contribution in [0, 0.1) is 11.3 Å².